The summed E-state index contributed by atoms with van der Waals surface area (Å²) in [4.78, 5) is 40.0. The Kier molecular flexibility index (Phi) is 5.70. The summed E-state index contributed by atoms with van der Waals surface area (Å²) in [6.45, 7) is 0. The Morgan fingerprint density at radius 1 is 1.25 bits per heavy atom. The molecule has 0 bridgehead atoms. The lowest BCUT2D eigenvalue weighted by Gasteiger charge is -2.50. The Balaban J connectivity index is 1.96. The third kappa shape index (κ3) is 3.47. The second-order valence-electron chi connectivity index (χ2n) is 9.45. The fraction of sp³-hybridized carbons (Fsp3) is 0.409. The van der Waals surface area contributed by atoms with Gasteiger partial charge in [0.05, 0.1) is 23.5 Å². The first-order valence-electron chi connectivity index (χ1n) is 10.7. The standard InChI is InChI=1S/C22H24FN3O9S/c1-26(2)15-9-5-7-4-8-10(23)6-11(25-36(3,34)35)16(27)13(8)17(28)12(7)19(30)22(9,33)20(31)14(18(15)29)21(24)32/h6-7,9,15,25,27,29-30,33H,4-5H2,1-3H3,(H2,24,32)/t7-,9-,15-,22-/m0/s1. The normalized spacial score (nSPS) is 28.1. The fourth-order valence-corrected chi connectivity index (χ4v) is 6.11. The molecule has 0 heterocycles. The van der Waals surface area contributed by atoms with Crippen molar-refractivity contribution in [2.45, 2.75) is 24.5 Å². The summed E-state index contributed by atoms with van der Waals surface area (Å²) >= 11 is 0. The van der Waals surface area contributed by atoms with Gasteiger partial charge in [-0.1, -0.05) is 0 Å². The number of anilines is 1. The third-order valence-electron chi connectivity index (χ3n) is 6.96. The van der Waals surface area contributed by atoms with Crippen molar-refractivity contribution in [2.75, 3.05) is 25.1 Å². The van der Waals surface area contributed by atoms with E-state index in [4.69, 9.17) is 5.73 Å². The molecular formula is C22H24FN3O9S. The minimum atomic E-state index is -3.97. The maximum Gasteiger partial charge on any atom is 0.255 e. The molecule has 194 valence electrons. The number of nitrogens with one attached hydrogen (secondary N) is 1. The second kappa shape index (κ2) is 8.01. The Morgan fingerprint density at radius 2 is 1.86 bits per heavy atom. The number of aliphatic hydroxyl groups excluding tert-OH is 2. The highest BCUT2D eigenvalue weighted by molar-refractivity contribution is 7.92. The van der Waals surface area contributed by atoms with E-state index in [2.05, 4.69) is 0 Å². The van der Waals surface area contributed by atoms with Crippen molar-refractivity contribution in [1.82, 2.24) is 4.90 Å². The monoisotopic (exact) mass is 525 g/mol. The number of aliphatic hydroxyl groups is 3. The van der Waals surface area contributed by atoms with Crippen molar-refractivity contribution in [3.05, 3.63) is 45.7 Å². The number of primary amides is 1. The molecule has 0 unspecified atom stereocenters. The van der Waals surface area contributed by atoms with E-state index >= 15 is 4.39 Å². The van der Waals surface area contributed by atoms with Crippen LogP contribution in [0.25, 0.3) is 0 Å². The van der Waals surface area contributed by atoms with Crippen LogP contribution in [0.15, 0.2) is 28.7 Å². The van der Waals surface area contributed by atoms with Gasteiger partial charge in [-0.25, -0.2) is 12.8 Å². The average molecular weight is 526 g/mol. The molecule has 1 aromatic carbocycles. The van der Waals surface area contributed by atoms with Crippen molar-refractivity contribution in [3.8, 4) is 5.75 Å². The average Bonchev–Trinajstić information content (AvgIpc) is 2.72. The number of carbonyl (C=O) groups excluding carboxylic acids is 3. The lowest BCUT2D eigenvalue weighted by atomic mass is 9.58. The number of phenolic OH excluding ortho intramolecular Hbond substituents is 1. The van der Waals surface area contributed by atoms with Crippen LogP contribution in [0.1, 0.15) is 22.3 Å². The quantitative estimate of drug-likeness (QED) is 0.222. The Hall–Kier alpha value is -3.49. The third-order valence-corrected chi connectivity index (χ3v) is 7.55. The maximum absolute atomic E-state index is 15.0. The molecule has 4 atom stereocenters. The number of halogens is 1. The summed E-state index contributed by atoms with van der Waals surface area (Å²) in [6, 6.07) is -0.452. The van der Waals surface area contributed by atoms with Crippen LogP contribution in [0, 0.1) is 17.7 Å². The van der Waals surface area contributed by atoms with Gasteiger partial charge in [0.1, 0.15) is 22.9 Å². The molecule has 12 nitrogen and oxygen atoms in total. The van der Waals surface area contributed by atoms with E-state index in [9.17, 15) is 43.2 Å². The zero-order valence-electron chi connectivity index (χ0n) is 19.4. The number of aromatic hydroxyl groups is 1. The van der Waals surface area contributed by atoms with Crippen LogP contribution in [0.5, 0.6) is 5.75 Å². The minimum Gasteiger partial charge on any atom is -0.510 e. The summed E-state index contributed by atoms with van der Waals surface area (Å²) in [5.74, 6) is -9.79. The van der Waals surface area contributed by atoms with Crippen LogP contribution < -0.4 is 10.5 Å². The number of benzene rings is 1. The first-order chi connectivity index (χ1) is 16.5. The largest absolute Gasteiger partial charge is 0.510 e. The maximum atomic E-state index is 15.0. The lowest BCUT2D eigenvalue weighted by molar-refractivity contribution is -0.148. The number of carbonyl (C=O) groups is 3. The van der Waals surface area contributed by atoms with Crippen molar-refractivity contribution in [2.24, 2.45) is 17.6 Å². The van der Waals surface area contributed by atoms with Crippen molar-refractivity contribution in [3.63, 3.8) is 0 Å². The van der Waals surface area contributed by atoms with Crippen LogP contribution in [-0.4, -0.2) is 83.2 Å². The Labute approximate surface area is 204 Å². The number of ketones is 2. The number of amides is 1. The van der Waals surface area contributed by atoms with Gasteiger partial charge in [-0.3, -0.25) is 24.0 Å². The van der Waals surface area contributed by atoms with E-state index in [1.807, 2.05) is 4.72 Å². The zero-order chi connectivity index (χ0) is 27.1. The van der Waals surface area contributed by atoms with Gasteiger partial charge < -0.3 is 26.2 Å². The summed E-state index contributed by atoms with van der Waals surface area (Å²) in [5, 5.41) is 44.0. The number of hydrogen-bond acceptors (Lipinski definition) is 10. The van der Waals surface area contributed by atoms with Gasteiger partial charge in [0.25, 0.3) is 5.91 Å². The van der Waals surface area contributed by atoms with Gasteiger partial charge in [-0.05, 0) is 32.9 Å². The molecule has 36 heavy (non-hydrogen) atoms. The van der Waals surface area contributed by atoms with E-state index in [0.29, 0.717) is 0 Å². The van der Waals surface area contributed by atoms with Crippen LogP contribution >= 0.6 is 0 Å². The van der Waals surface area contributed by atoms with Crippen LogP contribution in [0.3, 0.4) is 0 Å². The lowest BCUT2D eigenvalue weighted by Crippen LogP contribution is -2.63. The molecule has 4 rings (SSSR count). The summed E-state index contributed by atoms with van der Waals surface area (Å²) in [5.41, 5.74) is -0.499. The summed E-state index contributed by atoms with van der Waals surface area (Å²) in [7, 11) is -0.998. The molecule has 0 spiro atoms. The first-order valence-corrected chi connectivity index (χ1v) is 12.6. The highest BCUT2D eigenvalue weighted by Gasteiger charge is 2.63. The zero-order valence-corrected chi connectivity index (χ0v) is 20.2. The summed E-state index contributed by atoms with van der Waals surface area (Å²) < 4.78 is 40.1. The molecule has 0 saturated carbocycles. The molecule has 1 amide bonds. The number of Topliss-reactive ketones (excluding diaryl/α,β-unsaturated/α-hetero) is 2. The predicted octanol–water partition coefficient (Wildman–Crippen LogP) is -0.369. The van der Waals surface area contributed by atoms with Crippen LogP contribution in [-0.2, 0) is 26.0 Å². The minimum absolute atomic E-state index is 0.199. The van der Waals surface area contributed by atoms with E-state index < -0.39 is 96.5 Å². The number of nitrogens with two attached hydrogens (primary N) is 1. The molecule has 0 aliphatic heterocycles. The molecule has 14 heteroatoms. The van der Waals surface area contributed by atoms with E-state index in [1.165, 1.54) is 19.0 Å². The molecule has 0 fully saturated rings. The van der Waals surface area contributed by atoms with Gasteiger partial charge in [0, 0.05) is 23.1 Å². The molecule has 0 aromatic heterocycles. The Morgan fingerprint density at radius 3 is 2.39 bits per heavy atom. The van der Waals surface area contributed by atoms with Crippen molar-refractivity contribution in [1.29, 1.82) is 0 Å². The smallest absolute Gasteiger partial charge is 0.255 e. The number of rotatable bonds is 4. The molecule has 7 N–H and O–H groups in total. The molecule has 3 aliphatic carbocycles. The van der Waals surface area contributed by atoms with E-state index in [0.717, 1.165) is 12.3 Å². The van der Waals surface area contributed by atoms with E-state index in [1.54, 1.807) is 0 Å². The molecule has 0 radical (unpaired) electrons. The topological polar surface area (TPSA) is 208 Å². The first kappa shape index (κ1) is 25.6. The molecule has 0 saturated heterocycles. The number of likely N-dealkylation sites (N-methyl/N-ethyl adjacent to an activating group) is 1. The predicted molar refractivity (Wildman–Crippen MR) is 122 cm³/mol. The number of phenols is 1. The van der Waals surface area contributed by atoms with Crippen molar-refractivity contribution >= 4 is 33.2 Å². The second-order valence-corrected chi connectivity index (χ2v) is 11.2. The molecule has 1 aromatic rings. The van der Waals surface area contributed by atoms with Gasteiger partial charge >= 0.3 is 0 Å². The Bertz CT molecular complexity index is 1420. The highest BCUT2D eigenvalue weighted by Crippen LogP contribution is 2.53. The number of fused-ring (bicyclic) bond motifs is 3. The van der Waals surface area contributed by atoms with Crippen LogP contribution in [0.2, 0.25) is 0 Å². The summed E-state index contributed by atoms with van der Waals surface area (Å²) in [6.07, 6.45) is 0.296. The number of sulfonamides is 1. The number of allylic oxidation sites excluding steroid dienone is 1. The fourth-order valence-electron chi connectivity index (χ4n) is 5.55. The van der Waals surface area contributed by atoms with Crippen LogP contribution in [0.4, 0.5) is 10.1 Å². The van der Waals surface area contributed by atoms with Gasteiger partial charge in [0.15, 0.2) is 17.1 Å². The number of nitrogens with zero attached hydrogens (tertiary/aromatic N) is 1. The van der Waals surface area contributed by atoms with E-state index in [-0.39, 0.29) is 18.4 Å². The number of hydrogen-bond donors (Lipinski definition) is 6. The molecule has 3 aliphatic rings. The van der Waals surface area contributed by atoms with Crippen molar-refractivity contribution < 1.29 is 47.6 Å². The molecular weight excluding hydrogens is 501 g/mol. The SMILES string of the molecule is CN(C)[C@@H]1C(O)=C(C(N)=O)C(=O)[C@@]2(O)C(O)=C3C(=O)c4c(O)c(NS(C)(=O)=O)cc(F)c4C[C@H]3C[C@@H]12. The van der Waals surface area contributed by atoms with Gasteiger partial charge in [-0.15, -0.1) is 0 Å². The van der Waals surface area contributed by atoms with Gasteiger partial charge in [0.2, 0.25) is 15.8 Å². The van der Waals surface area contributed by atoms with Gasteiger partial charge in [-0.2, -0.15) is 0 Å². The highest BCUT2D eigenvalue weighted by atomic mass is 32.2.